The summed E-state index contributed by atoms with van der Waals surface area (Å²) in [6.07, 6.45) is -4.32. The lowest BCUT2D eigenvalue weighted by molar-refractivity contribution is -0.137. The Morgan fingerprint density at radius 2 is 1.69 bits per heavy atom. The van der Waals surface area contributed by atoms with Crippen molar-refractivity contribution in [2.45, 2.75) is 71.8 Å². The number of alkyl carbamates (subject to hydrolysis) is 1. The number of nitrogens with zero attached hydrogens (tertiary/aromatic N) is 3. The van der Waals surface area contributed by atoms with Crippen LogP contribution in [0.1, 0.15) is 52.4 Å². The van der Waals surface area contributed by atoms with Crippen LogP contribution in [0.15, 0.2) is 24.3 Å². The van der Waals surface area contributed by atoms with E-state index in [1.54, 1.807) is 32.4 Å². The number of ether oxygens (including phenoxy) is 1. The van der Waals surface area contributed by atoms with Gasteiger partial charge in [-0.2, -0.15) is 18.3 Å². The smallest absolute Gasteiger partial charge is 0.416 e. The largest absolute Gasteiger partial charge is 0.444 e. The van der Waals surface area contributed by atoms with Crippen molar-refractivity contribution in [2.24, 2.45) is 0 Å². The van der Waals surface area contributed by atoms with E-state index in [-0.39, 0.29) is 0 Å². The maximum atomic E-state index is 12.7. The first kappa shape index (κ1) is 22.7. The molecule has 0 aliphatic heterocycles. The summed E-state index contributed by atoms with van der Waals surface area (Å²) in [6.45, 7) is 11.4. The third kappa shape index (κ3) is 6.76. The summed E-state index contributed by atoms with van der Waals surface area (Å²) < 4.78 is 45.1. The van der Waals surface area contributed by atoms with E-state index in [0.717, 1.165) is 12.1 Å². The van der Waals surface area contributed by atoms with Gasteiger partial charge in [0, 0.05) is 17.6 Å². The predicted octanol–water partition coefficient (Wildman–Crippen LogP) is 4.97. The standard InChI is InChI=1S/C20H27F3N4O2/c1-13-24-16(14-7-9-15(10-8-14)20(21,22)23)26-27(13)12-11-19(5,6)25-17(28)29-18(2,3)4/h7-10H,11-12H2,1-6H3,(H,25,28). The Hall–Kier alpha value is -2.58. The Labute approximate surface area is 168 Å². The molecule has 0 aliphatic rings. The van der Waals surface area contributed by atoms with Crippen molar-refractivity contribution in [3.05, 3.63) is 35.7 Å². The SMILES string of the molecule is Cc1nc(-c2ccc(C(F)(F)F)cc2)nn1CCC(C)(C)NC(=O)OC(C)(C)C. The Bertz CT molecular complexity index is 850. The molecule has 1 N–H and O–H groups in total. The molecule has 160 valence electrons. The minimum Gasteiger partial charge on any atom is -0.444 e. The number of rotatable bonds is 5. The summed E-state index contributed by atoms with van der Waals surface area (Å²) in [5, 5.41) is 7.23. The fraction of sp³-hybridized carbons (Fsp3) is 0.550. The Balaban J connectivity index is 2.04. The average Bonchev–Trinajstić information content (AvgIpc) is 2.91. The fourth-order valence-corrected chi connectivity index (χ4v) is 2.59. The van der Waals surface area contributed by atoms with Crippen molar-refractivity contribution in [1.82, 2.24) is 20.1 Å². The van der Waals surface area contributed by atoms with Crippen LogP contribution in [0.2, 0.25) is 0 Å². The summed E-state index contributed by atoms with van der Waals surface area (Å²) in [7, 11) is 0. The Morgan fingerprint density at radius 1 is 1.10 bits per heavy atom. The van der Waals surface area contributed by atoms with Gasteiger partial charge in [-0.25, -0.2) is 14.5 Å². The summed E-state index contributed by atoms with van der Waals surface area (Å²) in [5.41, 5.74) is -1.34. The Morgan fingerprint density at radius 3 is 2.21 bits per heavy atom. The number of amides is 1. The van der Waals surface area contributed by atoms with Gasteiger partial charge in [0.15, 0.2) is 5.82 Å². The number of benzene rings is 1. The van der Waals surface area contributed by atoms with Gasteiger partial charge in [0.25, 0.3) is 0 Å². The van der Waals surface area contributed by atoms with Crippen LogP contribution >= 0.6 is 0 Å². The molecular formula is C20H27F3N4O2. The molecule has 9 heteroatoms. The zero-order valence-corrected chi connectivity index (χ0v) is 17.5. The number of hydrogen-bond acceptors (Lipinski definition) is 4. The van der Waals surface area contributed by atoms with Gasteiger partial charge < -0.3 is 10.1 Å². The molecule has 0 aliphatic carbocycles. The monoisotopic (exact) mass is 412 g/mol. The summed E-state index contributed by atoms with van der Waals surface area (Å²) in [6, 6.07) is 4.74. The van der Waals surface area contributed by atoms with E-state index in [1.165, 1.54) is 12.1 Å². The molecule has 1 aromatic carbocycles. The molecule has 6 nitrogen and oxygen atoms in total. The van der Waals surface area contributed by atoms with Crippen LogP contribution in [0.4, 0.5) is 18.0 Å². The normalized spacial score (nSPS) is 12.7. The van der Waals surface area contributed by atoms with Gasteiger partial charge in [-0.1, -0.05) is 12.1 Å². The first-order valence-electron chi connectivity index (χ1n) is 9.26. The van der Waals surface area contributed by atoms with Gasteiger partial charge in [-0.3, -0.25) is 0 Å². The lowest BCUT2D eigenvalue weighted by Crippen LogP contribution is -2.46. The van der Waals surface area contributed by atoms with E-state index in [9.17, 15) is 18.0 Å². The molecule has 0 unspecified atom stereocenters. The number of alkyl halides is 3. The molecule has 1 aromatic heterocycles. The number of hydrogen-bond donors (Lipinski definition) is 1. The maximum absolute atomic E-state index is 12.7. The van der Waals surface area contributed by atoms with Crippen LogP contribution in [0.5, 0.6) is 0 Å². The Kier molecular flexibility index (Phi) is 6.30. The highest BCUT2D eigenvalue weighted by atomic mass is 19.4. The third-order valence-electron chi connectivity index (χ3n) is 4.12. The highest BCUT2D eigenvalue weighted by Crippen LogP contribution is 2.30. The molecule has 0 radical (unpaired) electrons. The van der Waals surface area contributed by atoms with E-state index in [0.29, 0.717) is 30.2 Å². The second-order valence-electron chi connectivity index (χ2n) is 8.54. The van der Waals surface area contributed by atoms with Crippen molar-refractivity contribution in [3.8, 4) is 11.4 Å². The number of carbonyl (C=O) groups excluding carboxylic acids is 1. The zero-order valence-electron chi connectivity index (χ0n) is 17.5. The summed E-state index contributed by atoms with van der Waals surface area (Å²) >= 11 is 0. The van der Waals surface area contributed by atoms with Crippen LogP contribution in [-0.2, 0) is 17.5 Å². The molecule has 29 heavy (non-hydrogen) atoms. The van der Waals surface area contributed by atoms with E-state index >= 15 is 0 Å². The van der Waals surface area contributed by atoms with Crippen molar-refractivity contribution in [2.75, 3.05) is 0 Å². The molecule has 1 heterocycles. The molecule has 2 aromatic rings. The van der Waals surface area contributed by atoms with Crippen molar-refractivity contribution < 1.29 is 22.7 Å². The highest BCUT2D eigenvalue weighted by Gasteiger charge is 2.30. The number of carbonyl (C=O) groups is 1. The number of aromatic nitrogens is 3. The molecule has 0 saturated heterocycles. The number of halogens is 3. The second kappa shape index (κ2) is 8.04. The van der Waals surface area contributed by atoms with E-state index in [1.807, 2.05) is 13.8 Å². The van der Waals surface area contributed by atoms with Crippen LogP contribution in [-0.4, -0.2) is 32.0 Å². The van der Waals surface area contributed by atoms with Gasteiger partial charge in [-0.15, -0.1) is 0 Å². The van der Waals surface area contributed by atoms with Crippen molar-refractivity contribution >= 4 is 6.09 Å². The van der Waals surface area contributed by atoms with Crippen LogP contribution < -0.4 is 5.32 Å². The molecule has 0 saturated carbocycles. The van der Waals surface area contributed by atoms with Gasteiger partial charge in [0.05, 0.1) is 5.56 Å². The maximum Gasteiger partial charge on any atom is 0.416 e. The van der Waals surface area contributed by atoms with Crippen LogP contribution in [0.3, 0.4) is 0 Å². The van der Waals surface area contributed by atoms with E-state index in [4.69, 9.17) is 4.74 Å². The van der Waals surface area contributed by atoms with Gasteiger partial charge in [0.2, 0.25) is 0 Å². The van der Waals surface area contributed by atoms with Crippen molar-refractivity contribution in [3.63, 3.8) is 0 Å². The van der Waals surface area contributed by atoms with E-state index in [2.05, 4.69) is 15.4 Å². The number of aryl methyl sites for hydroxylation is 2. The van der Waals surface area contributed by atoms with Crippen LogP contribution in [0, 0.1) is 6.92 Å². The molecule has 0 bridgehead atoms. The van der Waals surface area contributed by atoms with Gasteiger partial charge >= 0.3 is 12.3 Å². The minimum atomic E-state index is -4.38. The quantitative estimate of drug-likeness (QED) is 0.753. The van der Waals surface area contributed by atoms with Crippen molar-refractivity contribution in [1.29, 1.82) is 0 Å². The molecule has 0 fully saturated rings. The van der Waals surface area contributed by atoms with Gasteiger partial charge in [-0.05, 0) is 60.1 Å². The summed E-state index contributed by atoms with van der Waals surface area (Å²) in [4.78, 5) is 16.3. The van der Waals surface area contributed by atoms with Gasteiger partial charge in [0.1, 0.15) is 11.4 Å². The lowest BCUT2D eigenvalue weighted by atomic mass is 10.0. The highest BCUT2D eigenvalue weighted by molar-refractivity contribution is 5.68. The fourth-order valence-electron chi connectivity index (χ4n) is 2.59. The predicted molar refractivity (Wildman–Crippen MR) is 103 cm³/mol. The average molecular weight is 412 g/mol. The minimum absolute atomic E-state index is 0.356. The van der Waals surface area contributed by atoms with E-state index < -0.39 is 29.0 Å². The topological polar surface area (TPSA) is 69.0 Å². The first-order chi connectivity index (χ1) is 13.2. The summed E-state index contributed by atoms with van der Waals surface area (Å²) in [5.74, 6) is 0.988. The van der Waals surface area contributed by atoms with Crippen LogP contribution in [0.25, 0.3) is 11.4 Å². The molecule has 0 atom stereocenters. The number of nitrogens with one attached hydrogen (secondary N) is 1. The second-order valence-corrected chi connectivity index (χ2v) is 8.54. The molecule has 0 spiro atoms. The third-order valence-corrected chi connectivity index (χ3v) is 4.12. The zero-order chi connectivity index (χ0) is 22.0. The lowest BCUT2D eigenvalue weighted by Gasteiger charge is -2.28. The first-order valence-corrected chi connectivity index (χ1v) is 9.26. The molecular weight excluding hydrogens is 385 g/mol. The molecule has 2 rings (SSSR count). The molecule has 1 amide bonds.